The fourth-order valence-corrected chi connectivity index (χ4v) is 4.66. The van der Waals surface area contributed by atoms with Gasteiger partial charge in [0.05, 0.1) is 11.6 Å². The van der Waals surface area contributed by atoms with Gasteiger partial charge in [-0.15, -0.1) is 0 Å². The molecule has 0 bridgehead atoms. The van der Waals surface area contributed by atoms with Crippen LogP contribution in [0, 0.1) is 11.3 Å². The molecule has 3 aromatic rings. The van der Waals surface area contributed by atoms with Gasteiger partial charge in [-0.3, -0.25) is 0 Å². The summed E-state index contributed by atoms with van der Waals surface area (Å²) in [5, 5.41) is 10.2. The summed E-state index contributed by atoms with van der Waals surface area (Å²) in [6.45, 7) is 0.449. The van der Waals surface area contributed by atoms with Gasteiger partial charge in [0.15, 0.2) is 0 Å². The minimum absolute atomic E-state index is 0.0781. The van der Waals surface area contributed by atoms with E-state index < -0.39 is 0 Å². The predicted molar refractivity (Wildman–Crippen MR) is 126 cm³/mol. The van der Waals surface area contributed by atoms with Crippen molar-refractivity contribution in [3.05, 3.63) is 105 Å². The number of allylic oxidation sites excluding steroid dienone is 1. The second-order valence-corrected chi connectivity index (χ2v) is 8.56. The lowest BCUT2D eigenvalue weighted by Crippen LogP contribution is -2.34. The van der Waals surface area contributed by atoms with Crippen LogP contribution in [0.25, 0.3) is 5.57 Å². The molecule has 1 aliphatic carbocycles. The van der Waals surface area contributed by atoms with Crippen LogP contribution in [0.3, 0.4) is 0 Å². The summed E-state index contributed by atoms with van der Waals surface area (Å²) < 4.78 is 6.06. The van der Waals surface area contributed by atoms with Crippen LogP contribution in [-0.4, -0.2) is 12.6 Å². The maximum absolute atomic E-state index is 8.98. The molecule has 0 heterocycles. The summed E-state index contributed by atoms with van der Waals surface area (Å²) in [6.07, 6.45) is 1.49. The number of rotatable bonds is 5. The Bertz CT molecular complexity index is 1130. The lowest BCUT2D eigenvalue weighted by molar-refractivity contribution is 0.338. The van der Waals surface area contributed by atoms with Crippen molar-refractivity contribution >= 4 is 28.8 Å². The Kier molecular flexibility index (Phi) is 6.63. The first-order valence-corrected chi connectivity index (χ1v) is 10.9. The fraction of sp³-hybridized carbons (Fsp3) is 0.192. The quantitative estimate of drug-likeness (QED) is 0.477. The van der Waals surface area contributed by atoms with Crippen LogP contribution in [0.2, 0.25) is 10.0 Å². The maximum atomic E-state index is 8.98. The van der Waals surface area contributed by atoms with Gasteiger partial charge in [0.1, 0.15) is 12.4 Å². The first-order valence-electron chi connectivity index (χ1n) is 10.1. The Morgan fingerprint density at radius 3 is 2.39 bits per heavy atom. The Morgan fingerprint density at radius 1 is 0.968 bits per heavy atom. The number of nitrogens with zero attached hydrogens (tertiary/aromatic N) is 1. The van der Waals surface area contributed by atoms with Gasteiger partial charge in [-0.1, -0.05) is 59.6 Å². The summed E-state index contributed by atoms with van der Waals surface area (Å²) in [4.78, 5) is 0. The molecule has 3 aromatic carbocycles. The zero-order valence-corrected chi connectivity index (χ0v) is 18.4. The molecule has 0 saturated carbocycles. The Balaban J connectivity index is 1.64. The van der Waals surface area contributed by atoms with Crippen LogP contribution < -0.4 is 10.5 Å². The topological polar surface area (TPSA) is 59.0 Å². The van der Waals surface area contributed by atoms with Gasteiger partial charge in [-0.05, 0) is 71.5 Å². The van der Waals surface area contributed by atoms with Crippen molar-refractivity contribution in [2.24, 2.45) is 5.73 Å². The van der Waals surface area contributed by atoms with E-state index in [0.717, 1.165) is 17.7 Å². The Hall–Kier alpha value is -2.77. The van der Waals surface area contributed by atoms with E-state index in [-0.39, 0.29) is 12.0 Å². The first-order chi connectivity index (χ1) is 15.0. The molecular weight excluding hydrogens is 427 g/mol. The third-order valence-electron chi connectivity index (χ3n) is 5.73. The maximum Gasteiger partial charge on any atom is 0.119 e. The largest absolute Gasteiger partial charge is 0.489 e. The molecule has 4 rings (SSSR count). The lowest BCUT2D eigenvalue weighted by Gasteiger charge is -2.34. The number of benzene rings is 3. The average molecular weight is 449 g/mol. The molecular formula is C26H22Cl2N2O. The molecule has 3 nitrogen and oxygen atoms in total. The number of nitriles is 1. The van der Waals surface area contributed by atoms with Crippen molar-refractivity contribution in [1.29, 1.82) is 5.26 Å². The van der Waals surface area contributed by atoms with Gasteiger partial charge >= 0.3 is 0 Å². The number of hydrogen-bond acceptors (Lipinski definition) is 3. The number of halogens is 2. The molecule has 0 aliphatic heterocycles. The average Bonchev–Trinajstić information content (AvgIpc) is 2.79. The SMILES string of the molecule is N#Cc1ccc(OCC2=C(c3ccccc3)C[C@H](c3ccc(Cl)cc3Cl)[C@@H](N)C2)cc1. The summed E-state index contributed by atoms with van der Waals surface area (Å²) in [5.41, 5.74) is 11.9. The summed E-state index contributed by atoms with van der Waals surface area (Å²) in [5.74, 6) is 0.828. The minimum atomic E-state index is -0.0781. The van der Waals surface area contributed by atoms with E-state index in [0.29, 0.717) is 28.6 Å². The molecule has 0 unspecified atom stereocenters. The Labute approximate surface area is 192 Å². The minimum Gasteiger partial charge on any atom is -0.489 e. The van der Waals surface area contributed by atoms with Gasteiger partial charge in [0, 0.05) is 22.0 Å². The number of ether oxygens (including phenoxy) is 1. The summed E-state index contributed by atoms with van der Waals surface area (Å²) >= 11 is 12.6. The van der Waals surface area contributed by atoms with E-state index in [2.05, 4.69) is 18.2 Å². The van der Waals surface area contributed by atoms with Crippen molar-refractivity contribution in [3.8, 4) is 11.8 Å². The van der Waals surface area contributed by atoms with E-state index in [1.54, 1.807) is 18.2 Å². The molecule has 0 spiro atoms. The molecule has 0 amide bonds. The molecule has 156 valence electrons. The smallest absolute Gasteiger partial charge is 0.119 e. The van der Waals surface area contributed by atoms with Crippen molar-refractivity contribution in [1.82, 2.24) is 0 Å². The fourth-order valence-electron chi connectivity index (χ4n) is 4.11. The van der Waals surface area contributed by atoms with Crippen molar-refractivity contribution in [2.75, 3.05) is 6.61 Å². The van der Waals surface area contributed by atoms with E-state index in [9.17, 15) is 0 Å². The lowest BCUT2D eigenvalue weighted by atomic mass is 9.75. The highest BCUT2D eigenvalue weighted by Crippen LogP contribution is 2.42. The number of nitrogens with two attached hydrogens (primary N) is 1. The molecule has 2 N–H and O–H groups in total. The van der Waals surface area contributed by atoms with Crippen molar-refractivity contribution in [2.45, 2.75) is 24.8 Å². The van der Waals surface area contributed by atoms with Crippen LogP contribution in [0.15, 0.2) is 78.4 Å². The predicted octanol–water partition coefficient (Wildman–Crippen LogP) is 6.60. The molecule has 0 fully saturated rings. The normalized spacial score (nSPS) is 18.5. The molecule has 31 heavy (non-hydrogen) atoms. The van der Waals surface area contributed by atoms with Gasteiger partial charge in [0.25, 0.3) is 0 Å². The molecule has 2 atom stereocenters. The van der Waals surface area contributed by atoms with E-state index in [1.165, 1.54) is 16.7 Å². The molecule has 0 radical (unpaired) electrons. The second-order valence-electron chi connectivity index (χ2n) is 7.72. The molecule has 0 saturated heterocycles. The van der Waals surface area contributed by atoms with E-state index in [1.807, 2.05) is 42.5 Å². The van der Waals surface area contributed by atoms with Gasteiger partial charge in [-0.2, -0.15) is 5.26 Å². The van der Waals surface area contributed by atoms with Gasteiger partial charge in [0.2, 0.25) is 0 Å². The Morgan fingerprint density at radius 2 is 1.71 bits per heavy atom. The van der Waals surface area contributed by atoms with Crippen molar-refractivity contribution < 1.29 is 4.74 Å². The number of hydrogen-bond donors (Lipinski definition) is 1. The van der Waals surface area contributed by atoms with Gasteiger partial charge in [-0.25, -0.2) is 0 Å². The summed E-state index contributed by atoms with van der Waals surface area (Å²) in [7, 11) is 0. The van der Waals surface area contributed by atoms with Gasteiger partial charge < -0.3 is 10.5 Å². The van der Waals surface area contributed by atoms with E-state index in [4.69, 9.17) is 38.9 Å². The van der Waals surface area contributed by atoms with Crippen LogP contribution in [0.4, 0.5) is 0 Å². The molecule has 1 aliphatic rings. The molecule has 0 aromatic heterocycles. The highest BCUT2D eigenvalue weighted by Gasteiger charge is 2.31. The molecule has 5 heteroatoms. The van der Waals surface area contributed by atoms with Crippen molar-refractivity contribution in [3.63, 3.8) is 0 Å². The zero-order valence-electron chi connectivity index (χ0n) is 16.9. The van der Waals surface area contributed by atoms with Crippen LogP contribution in [0.1, 0.15) is 35.4 Å². The monoisotopic (exact) mass is 448 g/mol. The summed E-state index contributed by atoms with van der Waals surface area (Å²) in [6, 6.07) is 25.2. The van der Waals surface area contributed by atoms with Crippen LogP contribution in [0.5, 0.6) is 5.75 Å². The standard InChI is InChI=1S/C26H22Cl2N2O/c27-20-8-11-22(25(28)13-20)24-14-23(18-4-2-1-3-5-18)19(12-26(24)30)16-31-21-9-6-17(15-29)7-10-21/h1-11,13,24,26H,12,14,16,30H2/t24-,26+/m1/s1. The van der Waals surface area contributed by atoms with Crippen LogP contribution in [-0.2, 0) is 0 Å². The second kappa shape index (κ2) is 9.58. The third kappa shape index (κ3) is 4.94. The van der Waals surface area contributed by atoms with Crippen LogP contribution >= 0.6 is 23.2 Å². The highest BCUT2D eigenvalue weighted by molar-refractivity contribution is 6.35. The highest BCUT2D eigenvalue weighted by atomic mass is 35.5. The first kappa shape index (κ1) is 21.5. The third-order valence-corrected chi connectivity index (χ3v) is 6.29. The van der Waals surface area contributed by atoms with E-state index >= 15 is 0 Å². The zero-order chi connectivity index (χ0) is 21.8.